The van der Waals surface area contributed by atoms with Crippen molar-refractivity contribution in [2.24, 2.45) is 5.92 Å². The lowest BCUT2D eigenvalue weighted by atomic mass is 9.99. The highest BCUT2D eigenvalue weighted by molar-refractivity contribution is 5.47. The molecule has 3 heterocycles. The fourth-order valence-corrected chi connectivity index (χ4v) is 2.83. The number of anilines is 1. The Bertz CT molecular complexity index is 582. The Morgan fingerprint density at radius 2 is 2.35 bits per heavy atom. The standard InChI is InChI=1S/C14H21N5O/c1-3-20-9-12-5-4-6-18(8-12)13-7-11(2)17-14-15-10-16-19(13)14/h7,10,12H,3-6,8-9H2,1-2H3. The molecule has 1 unspecified atom stereocenters. The van der Waals surface area contributed by atoms with Crippen LogP contribution in [0.3, 0.4) is 0 Å². The highest BCUT2D eigenvalue weighted by Crippen LogP contribution is 2.23. The molecule has 0 bridgehead atoms. The molecule has 0 aromatic carbocycles. The van der Waals surface area contributed by atoms with Gasteiger partial charge in [0.2, 0.25) is 0 Å². The maximum Gasteiger partial charge on any atom is 0.254 e. The molecule has 1 fully saturated rings. The smallest absolute Gasteiger partial charge is 0.254 e. The molecule has 1 saturated heterocycles. The van der Waals surface area contributed by atoms with Crippen molar-refractivity contribution in [2.75, 3.05) is 31.2 Å². The number of aromatic nitrogens is 4. The lowest BCUT2D eigenvalue weighted by molar-refractivity contribution is 0.104. The van der Waals surface area contributed by atoms with Gasteiger partial charge in [-0.25, -0.2) is 4.98 Å². The summed E-state index contributed by atoms with van der Waals surface area (Å²) in [6.45, 7) is 7.75. The molecule has 2 aromatic heterocycles. The van der Waals surface area contributed by atoms with Crippen LogP contribution in [-0.2, 0) is 4.74 Å². The normalized spacial score (nSPS) is 19.7. The van der Waals surface area contributed by atoms with Crippen molar-refractivity contribution in [1.82, 2.24) is 19.6 Å². The van der Waals surface area contributed by atoms with Crippen molar-refractivity contribution in [3.63, 3.8) is 0 Å². The van der Waals surface area contributed by atoms with Gasteiger partial charge in [-0.3, -0.25) is 0 Å². The third kappa shape index (κ3) is 2.60. The molecule has 6 nitrogen and oxygen atoms in total. The molecule has 2 aromatic rings. The van der Waals surface area contributed by atoms with E-state index in [4.69, 9.17) is 4.74 Å². The monoisotopic (exact) mass is 275 g/mol. The number of fused-ring (bicyclic) bond motifs is 1. The van der Waals surface area contributed by atoms with E-state index in [0.717, 1.165) is 37.8 Å². The minimum absolute atomic E-state index is 0.593. The Hall–Kier alpha value is -1.69. The van der Waals surface area contributed by atoms with Crippen LogP contribution < -0.4 is 4.90 Å². The fraction of sp³-hybridized carbons (Fsp3) is 0.643. The largest absolute Gasteiger partial charge is 0.381 e. The number of hydrogen-bond acceptors (Lipinski definition) is 5. The first-order valence-electron chi connectivity index (χ1n) is 7.28. The molecule has 3 rings (SSSR count). The van der Waals surface area contributed by atoms with Gasteiger partial charge in [0.15, 0.2) is 0 Å². The van der Waals surface area contributed by atoms with Gasteiger partial charge in [-0.2, -0.15) is 14.6 Å². The molecular weight excluding hydrogens is 254 g/mol. The van der Waals surface area contributed by atoms with Crippen LogP contribution in [0.4, 0.5) is 5.82 Å². The third-order valence-corrected chi connectivity index (χ3v) is 3.76. The first-order chi connectivity index (χ1) is 9.78. The summed E-state index contributed by atoms with van der Waals surface area (Å²) >= 11 is 0. The van der Waals surface area contributed by atoms with E-state index in [-0.39, 0.29) is 0 Å². The number of aryl methyl sites for hydroxylation is 1. The molecule has 20 heavy (non-hydrogen) atoms. The molecule has 0 N–H and O–H groups in total. The van der Waals surface area contributed by atoms with Crippen LogP contribution in [-0.4, -0.2) is 45.9 Å². The van der Waals surface area contributed by atoms with Crippen molar-refractivity contribution < 1.29 is 4.74 Å². The molecule has 108 valence electrons. The molecule has 0 radical (unpaired) electrons. The molecule has 0 amide bonds. The van der Waals surface area contributed by atoms with Crippen LogP contribution in [0.1, 0.15) is 25.5 Å². The van der Waals surface area contributed by atoms with Gasteiger partial charge in [-0.15, -0.1) is 0 Å². The van der Waals surface area contributed by atoms with E-state index in [0.29, 0.717) is 11.7 Å². The molecule has 1 aliphatic rings. The maximum atomic E-state index is 5.58. The molecule has 1 atom stereocenters. The van der Waals surface area contributed by atoms with E-state index in [2.05, 4.69) is 26.0 Å². The molecule has 0 spiro atoms. The zero-order chi connectivity index (χ0) is 13.9. The molecule has 0 aliphatic carbocycles. The summed E-state index contributed by atoms with van der Waals surface area (Å²) in [4.78, 5) is 11.0. The Balaban J connectivity index is 1.84. The first kappa shape index (κ1) is 13.3. The Morgan fingerprint density at radius 3 is 3.20 bits per heavy atom. The summed E-state index contributed by atoms with van der Waals surface area (Å²) in [6.07, 6.45) is 3.99. The first-order valence-corrected chi connectivity index (χ1v) is 7.28. The van der Waals surface area contributed by atoms with Gasteiger partial charge in [0, 0.05) is 31.5 Å². The predicted octanol–water partition coefficient (Wildman–Crippen LogP) is 1.69. The quantitative estimate of drug-likeness (QED) is 0.850. The topological polar surface area (TPSA) is 55.5 Å². The zero-order valence-electron chi connectivity index (χ0n) is 12.1. The fourth-order valence-electron chi connectivity index (χ4n) is 2.83. The minimum atomic E-state index is 0.593. The van der Waals surface area contributed by atoms with Crippen molar-refractivity contribution in [3.8, 4) is 0 Å². The summed E-state index contributed by atoms with van der Waals surface area (Å²) in [7, 11) is 0. The summed E-state index contributed by atoms with van der Waals surface area (Å²) in [5.41, 5.74) is 0.979. The highest BCUT2D eigenvalue weighted by atomic mass is 16.5. The highest BCUT2D eigenvalue weighted by Gasteiger charge is 2.22. The number of hydrogen-bond donors (Lipinski definition) is 0. The molecule has 6 heteroatoms. The van der Waals surface area contributed by atoms with E-state index >= 15 is 0 Å². The second-order valence-corrected chi connectivity index (χ2v) is 5.34. The van der Waals surface area contributed by atoms with E-state index in [1.165, 1.54) is 12.8 Å². The van der Waals surface area contributed by atoms with Crippen LogP contribution in [0.2, 0.25) is 0 Å². The van der Waals surface area contributed by atoms with Crippen LogP contribution in [0.25, 0.3) is 5.78 Å². The van der Waals surface area contributed by atoms with Gasteiger partial charge in [-0.05, 0) is 32.6 Å². The van der Waals surface area contributed by atoms with Crippen molar-refractivity contribution in [2.45, 2.75) is 26.7 Å². The van der Waals surface area contributed by atoms with E-state index in [1.54, 1.807) is 6.33 Å². The molecule has 1 aliphatic heterocycles. The summed E-state index contributed by atoms with van der Waals surface area (Å²) < 4.78 is 7.41. The molecular formula is C14H21N5O. The van der Waals surface area contributed by atoms with Crippen LogP contribution in [0.15, 0.2) is 12.4 Å². The van der Waals surface area contributed by atoms with Gasteiger partial charge < -0.3 is 9.64 Å². The SMILES string of the molecule is CCOCC1CCCN(c2cc(C)nc3ncnn23)C1. The second-order valence-electron chi connectivity index (χ2n) is 5.34. The average molecular weight is 275 g/mol. The van der Waals surface area contributed by atoms with E-state index in [1.807, 2.05) is 18.4 Å². The van der Waals surface area contributed by atoms with Gasteiger partial charge in [0.25, 0.3) is 5.78 Å². The van der Waals surface area contributed by atoms with E-state index < -0.39 is 0 Å². The van der Waals surface area contributed by atoms with Crippen LogP contribution >= 0.6 is 0 Å². The van der Waals surface area contributed by atoms with Crippen LogP contribution in [0.5, 0.6) is 0 Å². The lowest BCUT2D eigenvalue weighted by Gasteiger charge is -2.34. The van der Waals surface area contributed by atoms with Gasteiger partial charge in [0.1, 0.15) is 12.1 Å². The van der Waals surface area contributed by atoms with Gasteiger partial charge in [0.05, 0.1) is 6.61 Å². The summed E-state index contributed by atoms with van der Waals surface area (Å²) in [6, 6.07) is 2.09. The van der Waals surface area contributed by atoms with Crippen molar-refractivity contribution in [1.29, 1.82) is 0 Å². The summed E-state index contributed by atoms with van der Waals surface area (Å²) in [5.74, 6) is 2.36. The number of piperidine rings is 1. The summed E-state index contributed by atoms with van der Waals surface area (Å²) in [5, 5.41) is 4.29. The Kier molecular flexibility index (Phi) is 3.82. The number of ether oxygens (including phenoxy) is 1. The van der Waals surface area contributed by atoms with Gasteiger partial charge >= 0.3 is 0 Å². The van der Waals surface area contributed by atoms with Crippen molar-refractivity contribution in [3.05, 3.63) is 18.1 Å². The van der Waals surface area contributed by atoms with E-state index in [9.17, 15) is 0 Å². The van der Waals surface area contributed by atoms with Gasteiger partial charge in [-0.1, -0.05) is 0 Å². The number of nitrogens with zero attached hydrogens (tertiary/aromatic N) is 5. The Labute approximate surface area is 118 Å². The lowest BCUT2D eigenvalue weighted by Crippen LogP contribution is -2.38. The third-order valence-electron chi connectivity index (χ3n) is 3.76. The molecule has 0 saturated carbocycles. The number of rotatable bonds is 4. The second kappa shape index (κ2) is 5.75. The average Bonchev–Trinajstić information content (AvgIpc) is 2.92. The Morgan fingerprint density at radius 1 is 1.45 bits per heavy atom. The zero-order valence-corrected chi connectivity index (χ0v) is 12.1. The predicted molar refractivity (Wildman–Crippen MR) is 76.9 cm³/mol. The van der Waals surface area contributed by atoms with Crippen LogP contribution in [0, 0.1) is 12.8 Å². The van der Waals surface area contributed by atoms with Crippen molar-refractivity contribution >= 4 is 11.6 Å². The maximum absolute atomic E-state index is 5.58. The minimum Gasteiger partial charge on any atom is -0.381 e.